The molecular weight excluding hydrogens is 292 g/mol. The van der Waals surface area contributed by atoms with Crippen LogP contribution >= 0.6 is 0 Å². The van der Waals surface area contributed by atoms with Crippen LogP contribution in [0.1, 0.15) is 16.1 Å². The number of carbonyl (C=O) groups is 1. The lowest BCUT2D eigenvalue weighted by Gasteiger charge is -2.08. The maximum absolute atomic E-state index is 12.4. The van der Waals surface area contributed by atoms with Crippen molar-refractivity contribution in [2.24, 2.45) is 0 Å². The predicted octanol–water partition coefficient (Wildman–Crippen LogP) is 2.89. The van der Waals surface area contributed by atoms with Crippen LogP contribution in [0.3, 0.4) is 0 Å². The van der Waals surface area contributed by atoms with Crippen molar-refractivity contribution in [2.45, 2.75) is 6.54 Å². The van der Waals surface area contributed by atoms with Crippen molar-refractivity contribution in [3.05, 3.63) is 66.0 Å². The Kier molecular flexibility index (Phi) is 3.31. The smallest absolute Gasteiger partial charge is 0.270 e. The fourth-order valence-corrected chi connectivity index (χ4v) is 2.62. The van der Waals surface area contributed by atoms with E-state index in [-0.39, 0.29) is 12.7 Å². The summed E-state index contributed by atoms with van der Waals surface area (Å²) in [7, 11) is 0. The number of fused-ring (bicyclic) bond motifs is 2. The van der Waals surface area contributed by atoms with E-state index in [4.69, 9.17) is 9.47 Å². The molecule has 2 heterocycles. The lowest BCUT2D eigenvalue weighted by atomic mass is 10.1. The highest BCUT2D eigenvalue weighted by Crippen LogP contribution is 2.32. The van der Waals surface area contributed by atoms with E-state index in [1.165, 1.54) is 0 Å². The first-order chi connectivity index (χ1) is 11.3. The number of hydrogen-bond acceptors (Lipinski definition) is 4. The summed E-state index contributed by atoms with van der Waals surface area (Å²) in [4.78, 5) is 16.7. The van der Waals surface area contributed by atoms with Gasteiger partial charge < -0.3 is 14.8 Å². The lowest BCUT2D eigenvalue weighted by Crippen LogP contribution is -2.24. The minimum atomic E-state index is -0.195. The summed E-state index contributed by atoms with van der Waals surface area (Å²) in [6, 6.07) is 15.2. The average molecular weight is 306 g/mol. The second kappa shape index (κ2) is 5.61. The van der Waals surface area contributed by atoms with Gasteiger partial charge in [-0.25, -0.2) is 0 Å². The maximum atomic E-state index is 12.4. The molecule has 0 aliphatic carbocycles. The molecule has 0 saturated heterocycles. The number of carbonyl (C=O) groups excluding carboxylic acids is 1. The molecule has 114 valence electrons. The standard InChI is InChI=1S/C18H14N2O3/c21-18(17-14-4-2-1-3-13(14)7-8-19-17)20-10-12-5-6-15-16(9-12)23-11-22-15/h1-9H,10-11H2,(H,20,21). The number of hydrogen-bond donors (Lipinski definition) is 1. The Morgan fingerprint density at radius 2 is 1.96 bits per heavy atom. The van der Waals surface area contributed by atoms with Gasteiger partial charge in [-0.05, 0) is 29.1 Å². The van der Waals surface area contributed by atoms with Crippen LogP contribution in [0, 0.1) is 0 Å². The fourth-order valence-electron chi connectivity index (χ4n) is 2.62. The molecule has 0 atom stereocenters. The first kappa shape index (κ1) is 13.6. The van der Waals surface area contributed by atoms with E-state index < -0.39 is 0 Å². The zero-order valence-corrected chi connectivity index (χ0v) is 12.3. The first-order valence-corrected chi connectivity index (χ1v) is 7.32. The Morgan fingerprint density at radius 1 is 1.09 bits per heavy atom. The Morgan fingerprint density at radius 3 is 2.91 bits per heavy atom. The molecule has 0 saturated carbocycles. The molecule has 2 aromatic carbocycles. The van der Waals surface area contributed by atoms with Crippen LogP contribution < -0.4 is 14.8 Å². The van der Waals surface area contributed by atoms with E-state index in [0.29, 0.717) is 18.0 Å². The number of pyridine rings is 1. The molecule has 3 aromatic rings. The van der Waals surface area contributed by atoms with Gasteiger partial charge in [0, 0.05) is 18.1 Å². The summed E-state index contributed by atoms with van der Waals surface area (Å²) in [5.41, 5.74) is 1.38. The van der Waals surface area contributed by atoms with Gasteiger partial charge in [0.25, 0.3) is 5.91 Å². The summed E-state index contributed by atoms with van der Waals surface area (Å²) >= 11 is 0. The van der Waals surface area contributed by atoms with Crippen molar-refractivity contribution in [3.63, 3.8) is 0 Å². The molecule has 1 aromatic heterocycles. The summed E-state index contributed by atoms with van der Waals surface area (Å²) in [6.45, 7) is 0.644. The molecule has 5 nitrogen and oxygen atoms in total. The molecule has 0 fully saturated rings. The molecule has 5 heteroatoms. The molecule has 0 bridgehead atoms. The quantitative estimate of drug-likeness (QED) is 0.808. The first-order valence-electron chi connectivity index (χ1n) is 7.32. The van der Waals surface area contributed by atoms with Gasteiger partial charge in [-0.2, -0.15) is 0 Å². The van der Waals surface area contributed by atoms with E-state index >= 15 is 0 Å². The number of nitrogens with zero attached hydrogens (tertiary/aromatic N) is 1. The topological polar surface area (TPSA) is 60.5 Å². The van der Waals surface area contributed by atoms with E-state index in [2.05, 4.69) is 10.3 Å². The molecule has 1 aliphatic heterocycles. The largest absolute Gasteiger partial charge is 0.454 e. The van der Waals surface area contributed by atoms with Gasteiger partial charge in [-0.3, -0.25) is 9.78 Å². The number of aromatic nitrogens is 1. The number of ether oxygens (including phenoxy) is 2. The van der Waals surface area contributed by atoms with E-state index in [9.17, 15) is 4.79 Å². The molecule has 4 rings (SSSR count). The van der Waals surface area contributed by atoms with Crippen LogP contribution in [-0.2, 0) is 6.54 Å². The van der Waals surface area contributed by atoms with Crippen molar-refractivity contribution in [1.82, 2.24) is 10.3 Å². The Hall–Kier alpha value is -3.08. The van der Waals surface area contributed by atoms with E-state index in [0.717, 1.165) is 22.1 Å². The van der Waals surface area contributed by atoms with Crippen molar-refractivity contribution in [1.29, 1.82) is 0 Å². The molecule has 0 spiro atoms. The normalized spacial score (nSPS) is 12.3. The van der Waals surface area contributed by atoms with Gasteiger partial charge >= 0.3 is 0 Å². The summed E-state index contributed by atoms with van der Waals surface area (Å²) in [5.74, 6) is 1.25. The van der Waals surface area contributed by atoms with Gasteiger partial charge in [-0.15, -0.1) is 0 Å². The summed E-state index contributed by atoms with van der Waals surface area (Å²) in [5, 5.41) is 4.74. The van der Waals surface area contributed by atoms with Crippen molar-refractivity contribution >= 4 is 16.7 Å². The minimum absolute atomic E-state index is 0.195. The molecule has 1 aliphatic rings. The van der Waals surface area contributed by atoms with Gasteiger partial charge in [0.05, 0.1) is 0 Å². The molecule has 1 amide bonds. The second-order valence-corrected chi connectivity index (χ2v) is 5.25. The Balaban J connectivity index is 1.53. The number of nitrogens with one attached hydrogen (secondary N) is 1. The maximum Gasteiger partial charge on any atom is 0.270 e. The van der Waals surface area contributed by atoms with Crippen LogP contribution in [0.15, 0.2) is 54.7 Å². The van der Waals surface area contributed by atoms with Gasteiger partial charge in [-0.1, -0.05) is 30.3 Å². The molecule has 1 N–H and O–H groups in total. The van der Waals surface area contributed by atoms with Crippen molar-refractivity contribution in [2.75, 3.05) is 6.79 Å². The third-order valence-electron chi connectivity index (χ3n) is 3.78. The molecule has 23 heavy (non-hydrogen) atoms. The van der Waals surface area contributed by atoms with Gasteiger partial charge in [0.1, 0.15) is 5.69 Å². The lowest BCUT2D eigenvalue weighted by molar-refractivity contribution is 0.0947. The highest BCUT2D eigenvalue weighted by molar-refractivity contribution is 6.05. The molecule has 0 unspecified atom stereocenters. The number of benzene rings is 2. The van der Waals surface area contributed by atoms with Gasteiger partial charge in [0.2, 0.25) is 6.79 Å². The zero-order valence-electron chi connectivity index (χ0n) is 12.3. The SMILES string of the molecule is O=C(NCc1ccc2c(c1)OCO2)c1nccc2ccccc12. The number of amides is 1. The monoisotopic (exact) mass is 306 g/mol. The zero-order chi connectivity index (χ0) is 15.6. The van der Waals surface area contributed by atoms with Crippen LogP contribution in [-0.4, -0.2) is 17.7 Å². The molecular formula is C18H14N2O3. The number of rotatable bonds is 3. The summed E-state index contributed by atoms with van der Waals surface area (Å²) in [6.07, 6.45) is 1.65. The third-order valence-corrected chi connectivity index (χ3v) is 3.78. The highest BCUT2D eigenvalue weighted by Gasteiger charge is 2.14. The van der Waals surface area contributed by atoms with Crippen molar-refractivity contribution < 1.29 is 14.3 Å². The van der Waals surface area contributed by atoms with Crippen LogP contribution in [0.5, 0.6) is 11.5 Å². The van der Waals surface area contributed by atoms with Crippen LogP contribution in [0.4, 0.5) is 0 Å². The van der Waals surface area contributed by atoms with Crippen LogP contribution in [0.25, 0.3) is 10.8 Å². The Bertz CT molecular complexity index is 887. The third kappa shape index (κ3) is 2.57. The van der Waals surface area contributed by atoms with E-state index in [1.807, 2.05) is 48.5 Å². The highest BCUT2D eigenvalue weighted by atomic mass is 16.7. The predicted molar refractivity (Wildman–Crippen MR) is 85.5 cm³/mol. The molecule has 0 radical (unpaired) electrons. The fraction of sp³-hybridized carbons (Fsp3) is 0.111. The van der Waals surface area contributed by atoms with Crippen LogP contribution in [0.2, 0.25) is 0 Å². The average Bonchev–Trinajstić information content (AvgIpc) is 3.07. The minimum Gasteiger partial charge on any atom is -0.454 e. The van der Waals surface area contributed by atoms with Gasteiger partial charge in [0.15, 0.2) is 11.5 Å². The van der Waals surface area contributed by atoms with E-state index in [1.54, 1.807) is 6.20 Å². The Labute approximate surface area is 132 Å². The second-order valence-electron chi connectivity index (χ2n) is 5.25. The van der Waals surface area contributed by atoms with Crippen molar-refractivity contribution in [3.8, 4) is 11.5 Å². The summed E-state index contributed by atoms with van der Waals surface area (Å²) < 4.78 is 10.6.